The van der Waals surface area contributed by atoms with E-state index in [9.17, 15) is 4.39 Å². The molecule has 1 aliphatic rings. The van der Waals surface area contributed by atoms with Crippen molar-refractivity contribution in [2.75, 3.05) is 13.6 Å². The third kappa shape index (κ3) is 1.95. The van der Waals surface area contributed by atoms with E-state index in [4.69, 9.17) is 0 Å². The smallest absolute Gasteiger partial charge is 0.103 e. The number of halogens is 1. The normalized spacial score (nSPS) is 29.0. The summed E-state index contributed by atoms with van der Waals surface area (Å²) in [7, 11) is 2.07. The molecule has 0 aliphatic carbocycles. The fraction of sp³-hybridized carbons (Fsp3) is 0.500. The van der Waals surface area contributed by atoms with E-state index < -0.39 is 6.17 Å². The first kappa shape index (κ1) is 9.66. The fourth-order valence-electron chi connectivity index (χ4n) is 2.11. The SMILES string of the molecule is CN1CCC(F)CC1c1ccccc1. The first-order valence-corrected chi connectivity index (χ1v) is 5.16. The van der Waals surface area contributed by atoms with Crippen molar-refractivity contribution in [1.29, 1.82) is 0 Å². The third-order valence-corrected chi connectivity index (χ3v) is 2.99. The second-order valence-corrected chi connectivity index (χ2v) is 4.03. The molecule has 1 aliphatic heterocycles. The summed E-state index contributed by atoms with van der Waals surface area (Å²) in [5.41, 5.74) is 1.23. The van der Waals surface area contributed by atoms with Gasteiger partial charge >= 0.3 is 0 Å². The molecular formula is C12H16FN. The summed E-state index contributed by atoms with van der Waals surface area (Å²) in [6.07, 6.45) is 0.691. The summed E-state index contributed by atoms with van der Waals surface area (Å²) in [5.74, 6) is 0. The summed E-state index contributed by atoms with van der Waals surface area (Å²) >= 11 is 0. The van der Waals surface area contributed by atoms with E-state index in [1.165, 1.54) is 5.56 Å². The molecule has 2 heteroatoms. The Balaban J connectivity index is 2.16. The lowest BCUT2D eigenvalue weighted by molar-refractivity contribution is 0.114. The van der Waals surface area contributed by atoms with Crippen molar-refractivity contribution in [3.05, 3.63) is 35.9 Å². The molecule has 2 unspecified atom stereocenters. The zero-order valence-electron chi connectivity index (χ0n) is 8.49. The molecule has 0 N–H and O–H groups in total. The van der Waals surface area contributed by atoms with Gasteiger partial charge in [0.05, 0.1) is 0 Å². The monoisotopic (exact) mass is 193 g/mol. The van der Waals surface area contributed by atoms with Crippen LogP contribution in [0, 0.1) is 0 Å². The van der Waals surface area contributed by atoms with Crippen LogP contribution in [0.1, 0.15) is 24.4 Å². The summed E-state index contributed by atoms with van der Waals surface area (Å²) in [6.45, 7) is 0.862. The van der Waals surface area contributed by atoms with Crippen LogP contribution in [-0.2, 0) is 0 Å². The molecule has 1 fully saturated rings. The van der Waals surface area contributed by atoms with Crippen molar-refractivity contribution in [3.63, 3.8) is 0 Å². The van der Waals surface area contributed by atoms with Crippen LogP contribution in [0.3, 0.4) is 0 Å². The maximum absolute atomic E-state index is 13.3. The van der Waals surface area contributed by atoms with Gasteiger partial charge in [-0.05, 0) is 25.5 Å². The molecule has 0 bridgehead atoms. The fourth-order valence-corrected chi connectivity index (χ4v) is 2.11. The van der Waals surface area contributed by atoms with Crippen molar-refractivity contribution in [2.24, 2.45) is 0 Å². The minimum absolute atomic E-state index is 0.264. The molecule has 1 nitrogen and oxygen atoms in total. The number of hydrogen-bond acceptors (Lipinski definition) is 1. The van der Waals surface area contributed by atoms with Gasteiger partial charge < -0.3 is 0 Å². The molecule has 1 heterocycles. The quantitative estimate of drug-likeness (QED) is 0.663. The lowest BCUT2D eigenvalue weighted by Gasteiger charge is -2.34. The Hall–Kier alpha value is -0.890. The summed E-state index contributed by atoms with van der Waals surface area (Å²) in [5, 5.41) is 0. The zero-order chi connectivity index (χ0) is 9.97. The van der Waals surface area contributed by atoms with Crippen LogP contribution < -0.4 is 0 Å². The van der Waals surface area contributed by atoms with Crippen LogP contribution in [-0.4, -0.2) is 24.7 Å². The van der Waals surface area contributed by atoms with Crippen LogP contribution in [0.2, 0.25) is 0 Å². The highest BCUT2D eigenvalue weighted by molar-refractivity contribution is 5.19. The Morgan fingerprint density at radius 1 is 1.29 bits per heavy atom. The van der Waals surface area contributed by atoms with Crippen molar-refractivity contribution in [2.45, 2.75) is 25.1 Å². The topological polar surface area (TPSA) is 3.24 Å². The number of rotatable bonds is 1. The standard InChI is InChI=1S/C12H16FN/c1-14-8-7-11(13)9-12(14)10-5-3-2-4-6-10/h2-6,11-12H,7-9H2,1H3. The molecule has 1 saturated heterocycles. The van der Waals surface area contributed by atoms with Gasteiger partial charge in [0.1, 0.15) is 6.17 Å². The number of likely N-dealkylation sites (tertiary alicyclic amines) is 1. The molecule has 0 radical (unpaired) electrons. The highest BCUT2D eigenvalue weighted by Crippen LogP contribution is 2.30. The van der Waals surface area contributed by atoms with Crippen molar-refractivity contribution in [3.8, 4) is 0 Å². The maximum Gasteiger partial charge on any atom is 0.103 e. The second-order valence-electron chi connectivity index (χ2n) is 4.03. The van der Waals surface area contributed by atoms with Crippen molar-refractivity contribution >= 4 is 0 Å². The van der Waals surface area contributed by atoms with Crippen LogP contribution in [0.5, 0.6) is 0 Å². The molecule has 2 atom stereocenters. The van der Waals surface area contributed by atoms with E-state index in [-0.39, 0.29) is 6.04 Å². The van der Waals surface area contributed by atoms with Crippen LogP contribution in [0.15, 0.2) is 30.3 Å². The lowest BCUT2D eigenvalue weighted by atomic mass is 9.95. The highest BCUT2D eigenvalue weighted by atomic mass is 19.1. The average Bonchev–Trinajstić information content (AvgIpc) is 2.23. The zero-order valence-corrected chi connectivity index (χ0v) is 8.49. The number of piperidine rings is 1. The predicted octanol–water partition coefficient (Wildman–Crippen LogP) is 2.79. The molecular weight excluding hydrogens is 177 g/mol. The second kappa shape index (κ2) is 4.09. The third-order valence-electron chi connectivity index (χ3n) is 2.99. The van der Waals surface area contributed by atoms with Crippen LogP contribution in [0.25, 0.3) is 0 Å². The summed E-state index contributed by atoms with van der Waals surface area (Å²) < 4.78 is 13.3. The van der Waals surface area contributed by atoms with Gasteiger partial charge in [-0.1, -0.05) is 30.3 Å². The van der Waals surface area contributed by atoms with Gasteiger partial charge in [-0.3, -0.25) is 4.90 Å². The van der Waals surface area contributed by atoms with E-state index in [0.29, 0.717) is 12.8 Å². The number of hydrogen-bond donors (Lipinski definition) is 0. The van der Waals surface area contributed by atoms with Crippen molar-refractivity contribution in [1.82, 2.24) is 4.90 Å². The molecule has 1 aromatic rings. The maximum atomic E-state index is 13.3. The Kier molecular flexibility index (Phi) is 2.82. The molecule has 0 spiro atoms. The van der Waals surface area contributed by atoms with E-state index in [0.717, 1.165) is 6.54 Å². The van der Waals surface area contributed by atoms with E-state index in [1.54, 1.807) is 0 Å². The molecule has 0 amide bonds. The number of benzene rings is 1. The number of alkyl halides is 1. The molecule has 1 aromatic carbocycles. The van der Waals surface area contributed by atoms with Gasteiger partial charge in [0, 0.05) is 12.6 Å². The van der Waals surface area contributed by atoms with Gasteiger partial charge in [-0.25, -0.2) is 4.39 Å². The van der Waals surface area contributed by atoms with Crippen LogP contribution >= 0.6 is 0 Å². The van der Waals surface area contributed by atoms with Crippen molar-refractivity contribution < 1.29 is 4.39 Å². The highest BCUT2D eigenvalue weighted by Gasteiger charge is 2.26. The lowest BCUT2D eigenvalue weighted by Crippen LogP contribution is -2.34. The largest absolute Gasteiger partial charge is 0.299 e. The Labute approximate surface area is 84.5 Å². The van der Waals surface area contributed by atoms with Gasteiger partial charge in [-0.2, -0.15) is 0 Å². The molecule has 76 valence electrons. The van der Waals surface area contributed by atoms with Gasteiger partial charge in [0.25, 0.3) is 0 Å². The Morgan fingerprint density at radius 2 is 2.00 bits per heavy atom. The minimum atomic E-state index is -0.628. The number of nitrogens with zero attached hydrogens (tertiary/aromatic N) is 1. The van der Waals surface area contributed by atoms with Gasteiger partial charge in [-0.15, -0.1) is 0 Å². The molecule has 14 heavy (non-hydrogen) atoms. The Bertz CT molecular complexity index is 286. The van der Waals surface area contributed by atoms with Crippen LogP contribution in [0.4, 0.5) is 4.39 Å². The molecule has 2 rings (SSSR count). The van der Waals surface area contributed by atoms with E-state index in [2.05, 4.69) is 24.1 Å². The summed E-state index contributed by atoms with van der Waals surface area (Å²) in [6, 6.07) is 10.5. The predicted molar refractivity (Wildman–Crippen MR) is 55.9 cm³/mol. The average molecular weight is 193 g/mol. The first-order chi connectivity index (χ1) is 6.77. The molecule has 0 saturated carbocycles. The van der Waals surface area contributed by atoms with Gasteiger partial charge in [0.2, 0.25) is 0 Å². The molecule has 0 aromatic heterocycles. The van der Waals surface area contributed by atoms with Gasteiger partial charge in [0.15, 0.2) is 0 Å². The Morgan fingerprint density at radius 3 is 2.71 bits per heavy atom. The minimum Gasteiger partial charge on any atom is -0.299 e. The summed E-state index contributed by atoms with van der Waals surface area (Å²) in [4.78, 5) is 2.24. The van der Waals surface area contributed by atoms with E-state index >= 15 is 0 Å². The van der Waals surface area contributed by atoms with E-state index in [1.807, 2.05) is 18.2 Å². The first-order valence-electron chi connectivity index (χ1n) is 5.16.